The molecule has 0 spiro atoms. The van der Waals surface area contributed by atoms with Gasteiger partial charge in [0, 0.05) is 30.5 Å². The molecule has 6 heteroatoms. The van der Waals surface area contributed by atoms with Gasteiger partial charge in [-0.25, -0.2) is 4.98 Å². The molecule has 0 unspecified atom stereocenters. The zero-order chi connectivity index (χ0) is 13.7. The maximum Gasteiger partial charge on any atom is 0.253 e. The average molecular weight is 260 g/mol. The van der Waals surface area contributed by atoms with E-state index in [1.54, 1.807) is 37.8 Å². The van der Waals surface area contributed by atoms with Crippen molar-refractivity contribution in [2.24, 2.45) is 0 Å². The normalized spacial score (nSPS) is 10.2. The Labute approximate surface area is 111 Å². The van der Waals surface area contributed by atoms with E-state index in [0.717, 1.165) is 5.69 Å². The largest absolute Gasteiger partial charge is 0.497 e. The predicted octanol–water partition coefficient (Wildman–Crippen LogP) is 0.973. The molecule has 19 heavy (non-hydrogen) atoms. The number of rotatable bonds is 5. The third-order valence-corrected chi connectivity index (χ3v) is 2.74. The van der Waals surface area contributed by atoms with Gasteiger partial charge in [0.2, 0.25) is 0 Å². The summed E-state index contributed by atoms with van der Waals surface area (Å²) in [5.74, 6) is 0.392. The standard InChI is InChI=1S/C13H16N4O2/c1-19-10-2-3-12(14)11(6-10)13(18)16-5-4-9-7-15-8-17-9/h2-3,6-8H,4-5,14H2,1H3,(H,15,17)(H,16,18). The Hall–Kier alpha value is -2.50. The van der Waals surface area contributed by atoms with Crippen LogP contribution < -0.4 is 15.8 Å². The number of carbonyl (C=O) groups excluding carboxylic acids is 1. The summed E-state index contributed by atoms with van der Waals surface area (Å²) < 4.78 is 5.07. The molecule has 6 nitrogen and oxygen atoms in total. The van der Waals surface area contributed by atoms with Crippen molar-refractivity contribution in [2.75, 3.05) is 19.4 Å². The number of imidazole rings is 1. The highest BCUT2D eigenvalue weighted by Gasteiger charge is 2.10. The summed E-state index contributed by atoms with van der Waals surface area (Å²) >= 11 is 0. The zero-order valence-corrected chi connectivity index (χ0v) is 10.6. The van der Waals surface area contributed by atoms with Gasteiger partial charge in [0.1, 0.15) is 5.75 Å². The lowest BCUT2D eigenvalue weighted by molar-refractivity contribution is 0.0954. The van der Waals surface area contributed by atoms with Gasteiger partial charge in [-0.3, -0.25) is 4.79 Å². The van der Waals surface area contributed by atoms with Crippen LogP contribution in [0.25, 0.3) is 0 Å². The van der Waals surface area contributed by atoms with Crippen LogP contribution in [-0.2, 0) is 6.42 Å². The molecule has 0 saturated carbocycles. The van der Waals surface area contributed by atoms with Gasteiger partial charge >= 0.3 is 0 Å². The van der Waals surface area contributed by atoms with Crippen LogP contribution in [0.5, 0.6) is 5.75 Å². The number of nitrogens with two attached hydrogens (primary N) is 1. The molecule has 0 saturated heterocycles. The number of ether oxygens (including phenoxy) is 1. The van der Waals surface area contributed by atoms with Crippen molar-refractivity contribution in [3.63, 3.8) is 0 Å². The fraction of sp³-hybridized carbons (Fsp3) is 0.231. The summed E-state index contributed by atoms with van der Waals surface area (Å²) in [6.45, 7) is 0.512. The van der Waals surface area contributed by atoms with E-state index in [2.05, 4.69) is 15.3 Å². The minimum Gasteiger partial charge on any atom is -0.497 e. The lowest BCUT2D eigenvalue weighted by atomic mass is 10.1. The molecule has 1 aromatic heterocycles. The lowest BCUT2D eigenvalue weighted by Gasteiger charge is -2.08. The van der Waals surface area contributed by atoms with E-state index in [1.807, 2.05) is 0 Å². The molecule has 1 heterocycles. The van der Waals surface area contributed by atoms with Crippen molar-refractivity contribution in [1.82, 2.24) is 15.3 Å². The van der Waals surface area contributed by atoms with Gasteiger partial charge in [0.05, 0.1) is 19.0 Å². The van der Waals surface area contributed by atoms with E-state index in [0.29, 0.717) is 30.0 Å². The number of aromatic amines is 1. The Morgan fingerprint density at radius 2 is 2.37 bits per heavy atom. The molecule has 1 amide bonds. The average Bonchev–Trinajstić information content (AvgIpc) is 2.92. The topological polar surface area (TPSA) is 93.0 Å². The molecule has 0 aliphatic rings. The smallest absolute Gasteiger partial charge is 0.253 e. The van der Waals surface area contributed by atoms with Crippen LogP contribution in [0.3, 0.4) is 0 Å². The van der Waals surface area contributed by atoms with Gasteiger partial charge in [-0.2, -0.15) is 0 Å². The van der Waals surface area contributed by atoms with Gasteiger partial charge in [-0.1, -0.05) is 0 Å². The number of nitrogen functional groups attached to an aromatic ring is 1. The molecule has 0 bridgehead atoms. The minimum atomic E-state index is -0.212. The second-order valence-corrected chi connectivity index (χ2v) is 4.04. The van der Waals surface area contributed by atoms with E-state index in [9.17, 15) is 4.79 Å². The Bertz CT molecular complexity index is 552. The Morgan fingerprint density at radius 3 is 3.05 bits per heavy atom. The monoisotopic (exact) mass is 260 g/mol. The number of nitrogens with zero attached hydrogens (tertiary/aromatic N) is 1. The van der Waals surface area contributed by atoms with Gasteiger partial charge in [0.15, 0.2) is 0 Å². The number of benzene rings is 1. The Morgan fingerprint density at radius 1 is 1.53 bits per heavy atom. The van der Waals surface area contributed by atoms with E-state index in [1.165, 1.54) is 0 Å². The second-order valence-electron chi connectivity index (χ2n) is 4.04. The van der Waals surface area contributed by atoms with Crippen molar-refractivity contribution in [2.45, 2.75) is 6.42 Å². The molecule has 0 atom stereocenters. The molecule has 4 N–H and O–H groups in total. The third kappa shape index (κ3) is 3.25. The summed E-state index contributed by atoms with van der Waals surface area (Å²) in [5, 5.41) is 2.81. The number of methoxy groups -OCH3 is 1. The zero-order valence-electron chi connectivity index (χ0n) is 10.6. The summed E-state index contributed by atoms with van der Waals surface area (Å²) in [6.07, 6.45) is 4.03. The van der Waals surface area contributed by atoms with Crippen LogP contribution in [0.4, 0.5) is 5.69 Å². The molecule has 0 radical (unpaired) electrons. The number of aromatic nitrogens is 2. The first-order valence-corrected chi connectivity index (χ1v) is 5.89. The first-order valence-electron chi connectivity index (χ1n) is 5.89. The van der Waals surface area contributed by atoms with E-state index in [-0.39, 0.29) is 5.91 Å². The number of amides is 1. The van der Waals surface area contributed by atoms with Gasteiger partial charge in [-0.15, -0.1) is 0 Å². The molecule has 0 aliphatic carbocycles. The minimum absolute atomic E-state index is 0.212. The van der Waals surface area contributed by atoms with Gasteiger partial charge in [-0.05, 0) is 18.2 Å². The van der Waals surface area contributed by atoms with Crippen molar-refractivity contribution in [3.8, 4) is 5.75 Å². The van der Waals surface area contributed by atoms with Crippen molar-refractivity contribution in [1.29, 1.82) is 0 Å². The molecule has 2 rings (SSSR count). The number of hydrogen-bond acceptors (Lipinski definition) is 4. The highest BCUT2D eigenvalue weighted by molar-refractivity contribution is 5.99. The first kappa shape index (κ1) is 12.9. The highest BCUT2D eigenvalue weighted by Crippen LogP contribution is 2.19. The molecule has 0 aliphatic heterocycles. The number of carbonyl (C=O) groups is 1. The summed E-state index contributed by atoms with van der Waals surface area (Å²) in [6, 6.07) is 5.00. The highest BCUT2D eigenvalue weighted by atomic mass is 16.5. The summed E-state index contributed by atoms with van der Waals surface area (Å²) in [5.41, 5.74) is 7.60. The second kappa shape index (κ2) is 5.90. The van der Waals surface area contributed by atoms with Gasteiger partial charge in [0.25, 0.3) is 5.91 Å². The molecule has 2 aromatic rings. The SMILES string of the molecule is COc1ccc(N)c(C(=O)NCCc2cnc[nH]2)c1. The third-order valence-electron chi connectivity index (χ3n) is 2.74. The number of anilines is 1. The van der Waals surface area contributed by atoms with Crippen molar-refractivity contribution >= 4 is 11.6 Å². The van der Waals surface area contributed by atoms with Crippen LogP contribution in [0, 0.1) is 0 Å². The molecular weight excluding hydrogens is 244 g/mol. The van der Waals surface area contributed by atoms with Crippen LogP contribution >= 0.6 is 0 Å². The maximum atomic E-state index is 12.0. The summed E-state index contributed by atoms with van der Waals surface area (Å²) in [4.78, 5) is 18.9. The molecule has 100 valence electrons. The quantitative estimate of drug-likeness (QED) is 0.698. The fourth-order valence-electron chi connectivity index (χ4n) is 1.69. The number of hydrogen-bond donors (Lipinski definition) is 3. The van der Waals surface area contributed by atoms with Gasteiger partial charge < -0.3 is 20.8 Å². The molecule has 1 aromatic carbocycles. The van der Waals surface area contributed by atoms with Crippen LogP contribution in [0.2, 0.25) is 0 Å². The fourth-order valence-corrected chi connectivity index (χ4v) is 1.69. The maximum absolute atomic E-state index is 12.0. The van der Waals surface area contributed by atoms with Crippen LogP contribution in [-0.4, -0.2) is 29.5 Å². The van der Waals surface area contributed by atoms with Crippen molar-refractivity contribution < 1.29 is 9.53 Å². The van der Waals surface area contributed by atoms with Crippen LogP contribution in [0.15, 0.2) is 30.7 Å². The predicted molar refractivity (Wildman–Crippen MR) is 72.0 cm³/mol. The molecule has 0 fully saturated rings. The number of H-pyrrole nitrogens is 1. The molecular formula is C13H16N4O2. The lowest BCUT2D eigenvalue weighted by Crippen LogP contribution is -2.26. The number of nitrogens with one attached hydrogen (secondary N) is 2. The Kier molecular flexibility index (Phi) is 4.02. The van der Waals surface area contributed by atoms with E-state index in [4.69, 9.17) is 10.5 Å². The summed E-state index contributed by atoms with van der Waals surface area (Å²) in [7, 11) is 1.55. The van der Waals surface area contributed by atoms with E-state index < -0.39 is 0 Å². The Balaban J connectivity index is 1.95. The van der Waals surface area contributed by atoms with Crippen molar-refractivity contribution in [3.05, 3.63) is 42.0 Å². The van der Waals surface area contributed by atoms with Crippen LogP contribution in [0.1, 0.15) is 16.1 Å². The first-order chi connectivity index (χ1) is 9.20. The van der Waals surface area contributed by atoms with E-state index >= 15 is 0 Å².